The second-order valence-electron chi connectivity index (χ2n) is 2.02. The Morgan fingerprint density at radius 2 is 1.83 bits per heavy atom. The molecule has 4 nitrogen and oxygen atoms in total. The zero-order chi connectivity index (χ0) is 8.23. The van der Waals surface area contributed by atoms with Crippen molar-refractivity contribution in [3.8, 4) is 11.6 Å². The molecule has 0 aliphatic heterocycles. The summed E-state index contributed by atoms with van der Waals surface area (Å²) in [5, 5.41) is 0. The van der Waals surface area contributed by atoms with E-state index in [1.165, 1.54) is 6.20 Å². The van der Waals surface area contributed by atoms with Gasteiger partial charge < -0.3 is 0 Å². The molecule has 2 aromatic rings. The normalized spacial score (nSPS) is 9.67. The highest BCUT2D eigenvalue weighted by atomic mass is 15.0. The molecule has 2 rings (SSSR count). The lowest BCUT2D eigenvalue weighted by Gasteiger charge is -1.93. The third-order valence-electron chi connectivity index (χ3n) is 1.24. The summed E-state index contributed by atoms with van der Waals surface area (Å²) in [6, 6.07) is 4.34. The Morgan fingerprint density at radius 3 is 2.50 bits per heavy atom. The van der Waals surface area contributed by atoms with Gasteiger partial charge in [-0.15, -0.1) is 0 Å². The monoisotopic (exact) mass is 156 g/mol. The predicted molar refractivity (Wildman–Crippen MR) is 40.7 cm³/mol. The molecule has 0 saturated carbocycles. The SMILES string of the molecule is [c]1[c]nc(-c2ncccn2)nc1. The van der Waals surface area contributed by atoms with Crippen LogP contribution in [0.15, 0.2) is 24.7 Å². The Balaban J connectivity index is 2.46. The van der Waals surface area contributed by atoms with Crippen molar-refractivity contribution in [3.63, 3.8) is 0 Å². The molecule has 0 fully saturated rings. The number of hydrogen-bond donors (Lipinski definition) is 0. The van der Waals surface area contributed by atoms with Gasteiger partial charge in [0.15, 0.2) is 11.6 Å². The van der Waals surface area contributed by atoms with Crippen LogP contribution in [0.1, 0.15) is 0 Å². The van der Waals surface area contributed by atoms with Crippen LogP contribution in [-0.4, -0.2) is 19.9 Å². The maximum Gasteiger partial charge on any atom is 0.198 e. The average Bonchev–Trinajstić information content (AvgIpc) is 2.21. The Morgan fingerprint density at radius 1 is 1.00 bits per heavy atom. The Hall–Kier alpha value is -1.84. The van der Waals surface area contributed by atoms with Gasteiger partial charge in [0.05, 0.1) is 0 Å². The molecule has 0 atom stereocenters. The Kier molecular flexibility index (Phi) is 1.74. The summed E-state index contributed by atoms with van der Waals surface area (Å²) < 4.78 is 0. The van der Waals surface area contributed by atoms with Crippen LogP contribution in [0.25, 0.3) is 11.6 Å². The largest absolute Gasteiger partial charge is 0.234 e. The third-order valence-corrected chi connectivity index (χ3v) is 1.24. The Bertz CT molecular complexity index is 308. The van der Waals surface area contributed by atoms with Gasteiger partial charge in [-0.1, -0.05) is 0 Å². The lowest BCUT2D eigenvalue weighted by Crippen LogP contribution is -1.92. The van der Waals surface area contributed by atoms with Crippen molar-refractivity contribution < 1.29 is 0 Å². The maximum absolute atomic E-state index is 3.98. The fourth-order valence-electron chi connectivity index (χ4n) is 0.759. The van der Waals surface area contributed by atoms with Crippen LogP contribution in [0.3, 0.4) is 0 Å². The van der Waals surface area contributed by atoms with E-state index in [9.17, 15) is 0 Å². The minimum atomic E-state index is 0.467. The highest BCUT2D eigenvalue weighted by molar-refractivity contribution is 5.40. The molecular weight excluding hydrogens is 152 g/mol. The molecule has 0 amide bonds. The van der Waals surface area contributed by atoms with E-state index in [1.807, 2.05) is 0 Å². The zero-order valence-corrected chi connectivity index (χ0v) is 6.10. The van der Waals surface area contributed by atoms with Gasteiger partial charge in [0.2, 0.25) is 0 Å². The molecule has 2 aromatic heterocycles. The van der Waals surface area contributed by atoms with Gasteiger partial charge in [-0.25, -0.2) is 19.9 Å². The smallest absolute Gasteiger partial charge is 0.198 e. The molecule has 0 N–H and O–H groups in total. The predicted octanol–water partition coefficient (Wildman–Crippen LogP) is 0.534. The molecule has 2 heterocycles. The highest BCUT2D eigenvalue weighted by Crippen LogP contribution is 2.03. The topological polar surface area (TPSA) is 51.6 Å². The fourth-order valence-corrected chi connectivity index (χ4v) is 0.759. The highest BCUT2D eigenvalue weighted by Gasteiger charge is 1.99. The van der Waals surface area contributed by atoms with E-state index in [0.29, 0.717) is 11.6 Å². The summed E-state index contributed by atoms with van der Waals surface area (Å²) >= 11 is 0. The number of nitrogens with zero attached hydrogens (tertiary/aromatic N) is 4. The summed E-state index contributed by atoms with van der Waals surface area (Å²) in [6.07, 6.45) is 7.31. The summed E-state index contributed by atoms with van der Waals surface area (Å²) in [6.45, 7) is 0. The van der Waals surface area contributed by atoms with Crippen LogP contribution in [-0.2, 0) is 0 Å². The summed E-state index contributed by atoms with van der Waals surface area (Å²) in [5.74, 6) is 0.970. The van der Waals surface area contributed by atoms with Crippen LogP contribution in [0.4, 0.5) is 0 Å². The lowest BCUT2D eigenvalue weighted by atomic mass is 10.5. The van der Waals surface area contributed by atoms with Gasteiger partial charge in [-0.3, -0.25) is 0 Å². The van der Waals surface area contributed by atoms with E-state index >= 15 is 0 Å². The van der Waals surface area contributed by atoms with Crippen LogP contribution in [0.2, 0.25) is 0 Å². The molecule has 56 valence electrons. The van der Waals surface area contributed by atoms with Crippen molar-refractivity contribution in [1.82, 2.24) is 19.9 Å². The molecule has 0 aliphatic carbocycles. The molecule has 2 radical (unpaired) electrons. The van der Waals surface area contributed by atoms with Gasteiger partial charge in [-0.2, -0.15) is 0 Å². The van der Waals surface area contributed by atoms with Crippen molar-refractivity contribution in [2.45, 2.75) is 0 Å². The molecule has 4 heteroatoms. The first-order valence-corrected chi connectivity index (χ1v) is 3.35. The number of aromatic nitrogens is 4. The van der Waals surface area contributed by atoms with E-state index in [-0.39, 0.29) is 0 Å². The molecule has 0 aromatic carbocycles. The van der Waals surface area contributed by atoms with E-state index in [2.05, 4.69) is 32.2 Å². The fraction of sp³-hybridized carbons (Fsp3) is 0. The van der Waals surface area contributed by atoms with Gasteiger partial charge in [-0.05, 0) is 6.07 Å². The number of rotatable bonds is 1. The second-order valence-corrected chi connectivity index (χ2v) is 2.02. The molecule has 0 bridgehead atoms. The van der Waals surface area contributed by atoms with Gasteiger partial charge in [0.25, 0.3) is 0 Å². The minimum absolute atomic E-state index is 0.467. The van der Waals surface area contributed by atoms with E-state index in [1.54, 1.807) is 18.5 Å². The third kappa shape index (κ3) is 1.27. The van der Waals surface area contributed by atoms with E-state index in [0.717, 1.165) is 0 Å². The second kappa shape index (κ2) is 3.04. The zero-order valence-electron chi connectivity index (χ0n) is 6.10. The van der Waals surface area contributed by atoms with Crippen LogP contribution >= 0.6 is 0 Å². The van der Waals surface area contributed by atoms with Gasteiger partial charge >= 0.3 is 0 Å². The summed E-state index contributed by atoms with van der Waals surface area (Å²) in [7, 11) is 0. The average molecular weight is 156 g/mol. The van der Waals surface area contributed by atoms with Crippen molar-refractivity contribution in [3.05, 3.63) is 36.9 Å². The van der Waals surface area contributed by atoms with Crippen molar-refractivity contribution in [1.29, 1.82) is 0 Å². The first-order chi connectivity index (χ1) is 5.97. The molecule has 0 spiro atoms. The van der Waals surface area contributed by atoms with Crippen LogP contribution < -0.4 is 0 Å². The van der Waals surface area contributed by atoms with E-state index in [4.69, 9.17) is 0 Å². The van der Waals surface area contributed by atoms with Gasteiger partial charge in [0.1, 0.15) is 6.20 Å². The van der Waals surface area contributed by atoms with Crippen molar-refractivity contribution in [2.75, 3.05) is 0 Å². The number of hydrogen-bond acceptors (Lipinski definition) is 4. The molecule has 0 aliphatic rings. The van der Waals surface area contributed by atoms with Gasteiger partial charge in [0, 0.05) is 24.7 Å². The first kappa shape index (κ1) is 6.84. The standard InChI is InChI=1S/C8H4N4/c1-3-9-7(10-4-1)8-11-5-2-6-12-8/h1,3-5H. The lowest BCUT2D eigenvalue weighted by molar-refractivity contribution is 1.07. The van der Waals surface area contributed by atoms with Crippen LogP contribution in [0, 0.1) is 12.3 Å². The first-order valence-electron chi connectivity index (χ1n) is 3.35. The van der Waals surface area contributed by atoms with Crippen LogP contribution in [0.5, 0.6) is 0 Å². The summed E-state index contributed by atoms with van der Waals surface area (Å²) in [5.41, 5.74) is 0. The van der Waals surface area contributed by atoms with Crippen molar-refractivity contribution >= 4 is 0 Å². The quantitative estimate of drug-likeness (QED) is 0.604. The van der Waals surface area contributed by atoms with Crippen molar-refractivity contribution in [2.24, 2.45) is 0 Å². The maximum atomic E-state index is 3.98. The van der Waals surface area contributed by atoms with E-state index < -0.39 is 0 Å². The molecule has 0 unspecified atom stereocenters. The molecule has 0 saturated heterocycles. The Labute approximate surface area is 69.4 Å². The molecule has 12 heavy (non-hydrogen) atoms. The minimum Gasteiger partial charge on any atom is -0.234 e. The molecular formula is C8H4N4. The summed E-state index contributed by atoms with van der Waals surface area (Å²) in [4.78, 5) is 15.7.